The highest BCUT2D eigenvalue weighted by Crippen LogP contribution is 2.48. The number of esters is 2. The van der Waals surface area contributed by atoms with Crippen molar-refractivity contribution in [3.05, 3.63) is 125 Å². The van der Waals surface area contributed by atoms with Gasteiger partial charge in [-0.05, 0) is 69.2 Å². The van der Waals surface area contributed by atoms with E-state index in [0.717, 1.165) is 95.9 Å². The van der Waals surface area contributed by atoms with Gasteiger partial charge in [0.05, 0.1) is 19.3 Å². The molecule has 0 N–H and O–H groups in total. The van der Waals surface area contributed by atoms with E-state index in [9.17, 15) is 20.1 Å². The smallest absolute Gasteiger partial charge is 0.349 e. The number of carbonyl (C=O) groups is 2. The molecule has 0 amide bonds. The molecular weight excluding hydrogens is 669 g/mol. The van der Waals surface area contributed by atoms with E-state index in [-0.39, 0.29) is 11.5 Å². The lowest BCUT2D eigenvalue weighted by atomic mass is 9.85. The van der Waals surface area contributed by atoms with Gasteiger partial charge in [0.15, 0.2) is 5.92 Å². The first-order chi connectivity index (χ1) is 26.4. The van der Waals surface area contributed by atoms with Crippen molar-refractivity contribution in [2.24, 2.45) is 17.8 Å². The molecule has 4 aromatic carbocycles. The van der Waals surface area contributed by atoms with Crippen LogP contribution in [0.1, 0.15) is 107 Å². The Kier molecular flexibility index (Phi) is 14.4. The molecule has 2 aliphatic rings. The first-order valence-electron chi connectivity index (χ1n) is 19.7. The lowest BCUT2D eigenvalue weighted by Gasteiger charge is -2.20. The second kappa shape index (κ2) is 19.6. The number of carbonyl (C=O) groups excluding carboxylic acids is 2. The minimum Gasteiger partial charge on any atom is -0.464 e. The Morgan fingerprint density at radius 3 is 1.46 bits per heavy atom. The summed E-state index contributed by atoms with van der Waals surface area (Å²) >= 11 is 0. The zero-order valence-corrected chi connectivity index (χ0v) is 32.1. The fourth-order valence-corrected chi connectivity index (χ4v) is 7.66. The molecule has 6 rings (SSSR count). The van der Waals surface area contributed by atoms with Crippen molar-refractivity contribution in [2.75, 3.05) is 13.2 Å². The van der Waals surface area contributed by atoms with Gasteiger partial charge in [0.25, 0.3) is 0 Å². The first kappa shape index (κ1) is 39.7. The van der Waals surface area contributed by atoms with E-state index in [4.69, 9.17) is 9.47 Å². The van der Waals surface area contributed by atoms with Crippen molar-refractivity contribution in [1.82, 2.24) is 0 Å². The predicted molar refractivity (Wildman–Crippen MR) is 215 cm³/mol. The van der Waals surface area contributed by atoms with Crippen molar-refractivity contribution in [1.29, 1.82) is 10.5 Å². The molecule has 6 heteroatoms. The second-order valence-electron chi connectivity index (χ2n) is 14.3. The maximum Gasteiger partial charge on any atom is 0.349 e. The Balaban J connectivity index is 0.000000208. The van der Waals surface area contributed by atoms with Crippen LogP contribution in [0.4, 0.5) is 0 Å². The summed E-state index contributed by atoms with van der Waals surface area (Å²) in [7, 11) is 0. The highest BCUT2D eigenvalue weighted by Gasteiger charge is 2.39. The van der Waals surface area contributed by atoms with Crippen LogP contribution in [0.2, 0.25) is 0 Å². The van der Waals surface area contributed by atoms with Gasteiger partial charge in [-0.3, -0.25) is 4.79 Å². The average molecular weight is 721 g/mol. The van der Waals surface area contributed by atoms with Crippen molar-refractivity contribution in [3.63, 3.8) is 0 Å². The molecule has 4 aromatic rings. The number of nitriles is 2. The number of nitrogens with zero attached hydrogens (tertiary/aromatic N) is 2. The Bertz CT molecular complexity index is 1940. The fraction of sp³-hybridized carbons (Fsp3) is 0.375. The van der Waals surface area contributed by atoms with E-state index in [2.05, 4.69) is 52.0 Å². The summed E-state index contributed by atoms with van der Waals surface area (Å²) in [5.41, 5.74) is 9.04. The van der Waals surface area contributed by atoms with E-state index >= 15 is 0 Å². The van der Waals surface area contributed by atoms with Crippen LogP contribution in [0.15, 0.2) is 103 Å². The largest absolute Gasteiger partial charge is 0.464 e. The van der Waals surface area contributed by atoms with Gasteiger partial charge < -0.3 is 9.47 Å². The summed E-state index contributed by atoms with van der Waals surface area (Å²) < 4.78 is 11.2. The van der Waals surface area contributed by atoms with Crippen molar-refractivity contribution in [2.45, 2.75) is 85.0 Å². The molecule has 3 unspecified atom stereocenters. The third-order valence-corrected chi connectivity index (χ3v) is 10.9. The molecule has 6 nitrogen and oxygen atoms in total. The number of benzene rings is 4. The summed E-state index contributed by atoms with van der Waals surface area (Å²) in [5, 5.41) is 19.6. The van der Waals surface area contributed by atoms with Crippen LogP contribution in [0.3, 0.4) is 0 Å². The van der Waals surface area contributed by atoms with Crippen LogP contribution in [0.25, 0.3) is 27.8 Å². The Morgan fingerprint density at radius 1 is 0.611 bits per heavy atom. The molecule has 3 atom stereocenters. The highest BCUT2D eigenvalue weighted by molar-refractivity contribution is 6.12. The predicted octanol–water partition coefficient (Wildman–Crippen LogP) is 11.5. The van der Waals surface area contributed by atoms with Crippen LogP contribution in [-0.2, 0) is 19.1 Å². The standard InChI is InChI=1S/C24H27NO2.C24H25NO2/c2*1-3-5-10-17(4-2)16-27-24(26)22(15-25)23-20-13-8-6-11-18(20)19-12-7-9-14-21(19)23/h6-9,11-14,17,22-23H,3-5,10,16H2,1-2H3;6-9,11-14,17H,3-5,10,16H2,1-2H3. The molecule has 0 spiro atoms. The summed E-state index contributed by atoms with van der Waals surface area (Å²) in [4.78, 5) is 25.6. The van der Waals surface area contributed by atoms with E-state index < -0.39 is 17.9 Å². The Morgan fingerprint density at radius 2 is 1.04 bits per heavy atom. The summed E-state index contributed by atoms with van der Waals surface area (Å²) in [5.74, 6) is -1.28. The third kappa shape index (κ3) is 8.83. The van der Waals surface area contributed by atoms with Crippen molar-refractivity contribution >= 4 is 17.5 Å². The van der Waals surface area contributed by atoms with Crippen LogP contribution >= 0.6 is 0 Å². The normalized spacial score (nSPS) is 13.7. The SMILES string of the molecule is CCCCC(CC)COC(=O)C(C#N)=C1c2ccccc2-c2ccccc21.CCCCC(CC)COC(=O)C(C#N)C1c2ccccc2-c2ccccc21. The maximum atomic E-state index is 12.8. The van der Waals surface area contributed by atoms with Gasteiger partial charge >= 0.3 is 11.9 Å². The van der Waals surface area contributed by atoms with Gasteiger partial charge in [-0.2, -0.15) is 10.5 Å². The topological polar surface area (TPSA) is 100 Å². The maximum absolute atomic E-state index is 12.8. The van der Waals surface area contributed by atoms with E-state index in [1.165, 1.54) is 0 Å². The zero-order chi connectivity index (χ0) is 38.5. The molecule has 0 heterocycles. The van der Waals surface area contributed by atoms with E-state index in [0.29, 0.717) is 30.6 Å². The third-order valence-electron chi connectivity index (χ3n) is 10.9. The number of unbranched alkanes of at least 4 members (excludes halogenated alkanes) is 2. The number of hydrogen-bond acceptors (Lipinski definition) is 6. The minimum atomic E-state index is -0.821. The Labute approximate surface area is 321 Å². The molecule has 0 fully saturated rings. The van der Waals surface area contributed by atoms with Crippen molar-refractivity contribution < 1.29 is 19.1 Å². The number of ether oxygens (including phenoxy) is 2. The van der Waals surface area contributed by atoms with Crippen LogP contribution in [-0.4, -0.2) is 25.2 Å². The quantitative estimate of drug-likeness (QED) is 0.0606. The second-order valence-corrected chi connectivity index (χ2v) is 14.3. The minimum absolute atomic E-state index is 0.0951. The first-order valence-corrected chi connectivity index (χ1v) is 19.7. The Hall–Kier alpha value is -5.46. The molecule has 0 bridgehead atoms. The fourth-order valence-electron chi connectivity index (χ4n) is 7.66. The molecule has 54 heavy (non-hydrogen) atoms. The lowest BCUT2D eigenvalue weighted by Crippen LogP contribution is -2.25. The molecule has 0 saturated carbocycles. The van der Waals surface area contributed by atoms with Crippen molar-refractivity contribution in [3.8, 4) is 34.4 Å². The van der Waals surface area contributed by atoms with Crippen LogP contribution in [0.5, 0.6) is 0 Å². The molecule has 0 saturated heterocycles. The van der Waals surface area contributed by atoms with Crippen LogP contribution in [0, 0.1) is 40.4 Å². The van der Waals surface area contributed by atoms with Gasteiger partial charge in [0.2, 0.25) is 0 Å². The highest BCUT2D eigenvalue weighted by atomic mass is 16.5. The molecule has 0 radical (unpaired) electrons. The molecule has 0 aliphatic heterocycles. The number of rotatable bonds is 15. The summed E-state index contributed by atoms with van der Waals surface area (Å²) in [6.45, 7) is 9.34. The van der Waals surface area contributed by atoms with Gasteiger partial charge in [-0.25, -0.2) is 4.79 Å². The molecule has 2 aliphatic carbocycles. The zero-order valence-electron chi connectivity index (χ0n) is 32.1. The molecule has 278 valence electrons. The monoisotopic (exact) mass is 720 g/mol. The number of hydrogen-bond donors (Lipinski definition) is 0. The van der Waals surface area contributed by atoms with E-state index in [1.54, 1.807) is 0 Å². The van der Waals surface area contributed by atoms with Gasteiger partial charge in [0, 0.05) is 11.5 Å². The molecule has 0 aromatic heterocycles. The molecular formula is C48H52N2O4. The lowest BCUT2D eigenvalue weighted by molar-refractivity contribution is -0.148. The average Bonchev–Trinajstić information content (AvgIpc) is 3.72. The van der Waals surface area contributed by atoms with Crippen LogP contribution < -0.4 is 0 Å². The van der Waals surface area contributed by atoms with E-state index in [1.807, 2.05) is 84.9 Å². The number of fused-ring (bicyclic) bond motifs is 6. The summed E-state index contributed by atoms with van der Waals surface area (Å²) in [6, 6.07) is 36.2. The summed E-state index contributed by atoms with van der Waals surface area (Å²) in [6.07, 6.45) is 8.60. The van der Waals surface area contributed by atoms with Gasteiger partial charge in [-0.1, -0.05) is 163 Å². The van der Waals surface area contributed by atoms with Gasteiger partial charge in [-0.15, -0.1) is 0 Å². The van der Waals surface area contributed by atoms with Gasteiger partial charge in [0.1, 0.15) is 11.6 Å².